The van der Waals surface area contributed by atoms with E-state index in [0.29, 0.717) is 41.0 Å². The van der Waals surface area contributed by atoms with E-state index in [1.807, 2.05) is 79.7 Å². The van der Waals surface area contributed by atoms with Gasteiger partial charge in [0.25, 0.3) is 0 Å². The summed E-state index contributed by atoms with van der Waals surface area (Å²) < 4.78 is 21.1. The van der Waals surface area contributed by atoms with E-state index < -0.39 is 0 Å². The average Bonchev–Trinajstić information content (AvgIpc) is 3.55. The molecule has 188 valence electrons. The molecule has 0 amide bonds. The Hall–Kier alpha value is -4.71. The highest BCUT2D eigenvalue weighted by Crippen LogP contribution is 2.33. The van der Waals surface area contributed by atoms with Crippen LogP contribution in [0.1, 0.15) is 12.5 Å². The molecule has 5 aromatic rings. The summed E-state index contributed by atoms with van der Waals surface area (Å²) in [5.41, 5.74) is 5.85. The van der Waals surface area contributed by atoms with Crippen LogP contribution in [0.25, 0.3) is 17.1 Å². The number of H-pyrrole nitrogens is 1. The molecule has 5 rings (SSSR count). The molecule has 0 spiro atoms. The fourth-order valence-corrected chi connectivity index (χ4v) is 3.91. The number of aromatic nitrogens is 7. The first-order valence-electron chi connectivity index (χ1n) is 11.5. The van der Waals surface area contributed by atoms with Crippen LogP contribution in [-0.2, 0) is 6.54 Å². The molecule has 0 atom stereocenters. The van der Waals surface area contributed by atoms with Gasteiger partial charge >= 0.3 is 6.01 Å². The van der Waals surface area contributed by atoms with Gasteiger partial charge in [0.1, 0.15) is 5.75 Å². The quantitative estimate of drug-likeness (QED) is 0.258. The van der Waals surface area contributed by atoms with E-state index in [0.717, 1.165) is 16.8 Å². The number of para-hydroxylation sites is 2. The number of nitrogens with one attached hydrogen (secondary N) is 2. The molecule has 0 bridgehead atoms. The van der Waals surface area contributed by atoms with Crippen LogP contribution in [0.2, 0.25) is 0 Å². The van der Waals surface area contributed by atoms with E-state index in [1.165, 1.54) is 4.68 Å². The molecule has 0 saturated carbocycles. The Kier molecular flexibility index (Phi) is 7.08. The molecule has 2 heterocycles. The van der Waals surface area contributed by atoms with Crippen molar-refractivity contribution >= 4 is 12.2 Å². The van der Waals surface area contributed by atoms with E-state index in [-0.39, 0.29) is 6.01 Å². The SMILES string of the molecule is CCOc1cc(CNn2c(-c3ccccc3OC)n[nH]c2=S)ccc1Oc1nnnn1-c1ccccc1. The summed E-state index contributed by atoms with van der Waals surface area (Å²) in [5.74, 6) is 2.36. The molecule has 0 radical (unpaired) electrons. The number of aromatic amines is 1. The van der Waals surface area contributed by atoms with Crippen molar-refractivity contribution in [3.8, 4) is 40.3 Å². The Morgan fingerprint density at radius 2 is 1.78 bits per heavy atom. The van der Waals surface area contributed by atoms with Gasteiger partial charge < -0.3 is 19.6 Å². The number of benzene rings is 3. The predicted octanol–water partition coefficient (Wildman–Crippen LogP) is 4.53. The van der Waals surface area contributed by atoms with Crippen LogP contribution in [0.5, 0.6) is 23.3 Å². The van der Waals surface area contributed by atoms with Crippen LogP contribution in [-0.4, -0.2) is 48.8 Å². The molecule has 2 aromatic heterocycles. The third-order valence-electron chi connectivity index (χ3n) is 5.41. The number of ether oxygens (including phenoxy) is 3. The second-order valence-corrected chi connectivity index (χ2v) is 8.13. The largest absolute Gasteiger partial charge is 0.496 e. The van der Waals surface area contributed by atoms with Crippen LogP contribution in [0, 0.1) is 4.77 Å². The minimum absolute atomic E-state index is 0.226. The topological polar surface area (TPSA) is 117 Å². The van der Waals surface area contributed by atoms with Crippen molar-refractivity contribution in [3.63, 3.8) is 0 Å². The van der Waals surface area contributed by atoms with Gasteiger partial charge in [-0.25, -0.2) is 9.77 Å². The summed E-state index contributed by atoms with van der Waals surface area (Å²) in [5, 5.41) is 19.0. The summed E-state index contributed by atoms with van der Waals surface area (Å²) >= 11 is 5.45. The zero-order valence-electron chi connectivity index (χ0n) is 20.2. The molecule has 11 nitrogen and oxygen atoms in total. The van der Waals surface area contributed by atoms with Gasteiger partial charge in [-0.2, -0.15) is 9.78 Å². The van der Waals surface area contributed by atoms with Crippen molar-refractivity contribution in [2.45, 2.75) is 13.5 Å². The molecular weight excluding hydrogens is 492 g/mol. The third kappa shape index (κ3) is 5.14. The smallest absolute Gasteiger partial charge is 0.346 e. The first kappa shape index (κ1) is 24.0. The lowest BCUT2D eigenvalue weighted by Gasteiger charge is -2.15. The van der Waals surface area contributed by atoms with Gasteiger partial charge in [0.2, 0.25) is 4.77 Å². The average molecular weight is 517 g/mol. The molecule has 2 N–H and O–H groups in total. The minimum Gasteiger partial charge on any atom is -0.496 e. The zero-order chi connectivity index (χ0) is 25.6. The highest BCUT2D eigenvalue weighted by atomic mass is 32.1. The fourth-order valence-electron chi connectivity index (χ4n) is 3.71. The van der Waals surface area contributed by atoms with Crippen molar-refractivity contribution < 1.29 is 14.2 Å². The van der Waals surface area contributed by atoms with Gasteiger partial charge in [-0.05, 0) is 71.5 Å². The maximum absolute atomic E-state index is 6.05. The maximum Gasteiger partial charge on any atom is 0.346 e. The summed E-state index contributed by atoms with van der Waals surface area (Å²) in [6, 6.07) is 23.0. The Balaban J connectivity index is 1.38. The first-order chi connectivity index (χ1) is 18.2. The third-order valence-corrected chi connectivity index (χ3v) is 5.69. The second-order valence-electron chi connectivity index (χ2n) is 7.75. The lowest BCUT2D eigenvalue weighted by Crippen LogP contribution is -2.16. The molecule has 0 fully saturated rings. The van der Waals surface area contributed by atoms with E-state index >= 15 is 0 Å². The van der Waals surface area contributed by atoms with Gasteiger partial charge in [-0.3, -0.25) is 0 Å². The Bertz CT molecular complexity index is 1550. The lowest BCUT2D eigenvalue weighted by atomic mass is 10.2. The molecule has 0 aliphatic carbocycles. The van der Waals surface area contributed by atoms with Crippen molar-refractivity contribution in [2.24, 2.45) is 0 Å². The number of hydrogen-bond acceptors (Lipinski definition) is 9. The van der Waals surface area contributed by atoms with E-state index in [4.69, 9.17) is 26.4 Å². The molecule has 0 aliphatic heterocycles. The highest BCUT2D eigenvalue weighted by molar-refractivity contribution is 7.71. The van der Waals surface area contributed by atoms with Crippen LogP contribution in [0.4, 0.5) is 0 Å². The van der Waals surface area contributed by atoms with Crippen LogP contribution < -0.4 is 19.6 Å². The van der Waals surface area contributed by atoms with Gasteiger partial charge in [-0.15, -0.1) is 0 Å². The molecule has 3 aromatic carbocycles. The van der Waals surface area contributed by atoms with Crippen molar-refractivity contribution in [2.75, 3.05) is 19.1 Å². The zero-order valence-corrected chi connectivity index (χ0v) is 21.0. The van der Waals surface area contributed by atoms with Gasteiger partial charge in [0.15, 0.2) is 17.3 Å². The molecule has 12 heteroatoms. The summed E-state index contributed by atoms with van der Waals surface area (Å²) in [4.78, 5) is 0. The molecule has 0 saturated heterocycles. The van der Waals surface area contributed by atoms with E-state index in [9.17, 15) is 0 Å². The van der Waals surface area contributed by atoms with E-state index in [1.54, 1.807) is 11.8 Å². The normalized spacial score (nSPS) is 10.8. The summed E-state index contributed by atoms with van der Waals surface area (Å²) in [6.45, 7) is 2.81. The molecule has 37 heavy (non-hydrogen) atoms. The van der Waals surface area contributed by atoms with Crippen LogP contribution in [0.3, 0.4) is 0 Å². The van der Waals surface area contributed by atoms with E-state index in [2.05, 4.69) is 31.1 Å². The number of rotatable bonds is 10. The Morgan fingerprint density at radius 3 is 2.59 bits per heavy atom. The fraction of sp³-hybridized carbons (Fsp3) is 0.160. The maximum atomic E-state index is 6.05. The standard InChI is InChI=1S/C25H24N8O3S/c1-3-35-22-15-17(13-14-21(22)36-24-28-30-31-32(24)18-9-5-4-6-10-18)16-26-33-23(27-29-25(33)37)19-11-7-8-12-20(19)34-2/h4-15,26H,3,16H2,1-2H3,(H,29,37). The monoisotopic (exact) mass is 516 g/mol. The van der Waals surface area contributed by atoms with Gasteiger partial charge in [0.05, 0.1) is 31.5 Å². The summed E-state index contributed by atoms with van der Waals surface area (Å²) in [7, 11) is 1.62. The van der Waals surface area contributed by atoms with Crippen molar-refractivity contribution in [1.29, 1.82) is 0 Å². The first-order valence-corrected chi connectivity index (χ1v) is 11.9. The highest BCUT2D eigenvalue weighted by Gasteiger charge is 2.16. The Labute approximate surface area is 217 Å². The predicted molar refractivity (Wildman–Crippen MR) is 139 cm³/mol. The number of hydrogen-bond donors (Lipinski definition) is 2. The number of tetrazole rings is 1. The molecule has 0 aliphatic rings. The Morgan fingerprint density at radius 1 is 0.973 bits per heavy atom. The minimum atomic E-state index is 0.226. The number of nitrogens with zero attached hydrogens (tertiary/aromatic N) is 6. The van der Waals surface area contributed by atoms with Crippen LogP contribution in [0.15, 0.2) is 72.8 Å². The van der Waals surface area contributed by atoms with Gasteiger partial charge in [-0.1, -0.05) is 41.5 Å². The second kappa shape index (κ2) is 10.9. The molecular formula is C25H24N8O3S. The lowest BCUT2D eigenvalue weighted by molar-refractivity contribution is 0.315. The number of methoxy groups -OCH3 is 1. The molecule has 0 unspecified atom stereocenters. The van der Waals surface area contributed by atoms with Crippen molar-refractivity contribution in [1.82, 2.24) is 35.1 Å². The summed E-state index contributed by atoms with van der Waals surface area (Å²) in [6.07, 6.45) is 0. The van der Waals surface area contributed by atoms with Gasteiger partial charge in [0, 0.05) is 0 Å². The van der Waals surface area contributed by atoms with Crippen LogP contribution >= 0.6 is 12.2 Å². The van der Waals surface area contributed by atoms with Crippen molar-refractivity contribution in [3.05, 3.63) is 83.1 Å².